The number of allylic oxidation sites excluding steroid dienone is 2. The number of thiophene rings is 1. The van der Waals surface area contributed by atoms with Gasteiger partial charge in [0, 0.05) is 37.6 Å². The van der Waals surface area contributed by atoms with Gasteiger partial charge in [-0.3, -0.25) is 9.80 Å². The molecule has 1 aromatic heterocycles. The molecule has 0 radical (unpaired) electrons. The molecule has 0 aromatic carbocycles. The molecule has 0 unspecified atom stereocenters. The van der Waals surface area contributed by atoms with Crippen molar-refractivity contribution in [3.63, 3.8) is 0 Å². The lowest BCUT2D eigenvalue weighted by molar-refractivity contribution is -0.0773. The van der Waals surface area contributed by atoms with Crippen LogP contribution in [0.15, 0.2) is 17.5 Å². The SMILES string of the molecule is CC1(C)CCC=C(c2cc(CN3CCN(C4COC4)CC3)cs2)C1. The van der Waals surface area contributed by atoms with Gasteiger partial charge in [0.05, 0.1) is 19.3 Å². The number of piperazine rings is 1. The molecule has 3 nitrogen and oxygen atoms in total. The maximum Gasteiger partial charge on any atom is 0.0645 e. The fourth-order valence-corrected chi connectivity index (χ4v) is 5.05. The van der Waals surface area contributed by atoms with Crippen molar-refractivity contribution in [1.29, 1.82) is 0 Å². The third-order valence-corrected chi connectivity index (χ3v) is 6.86. The molecule has 0 saturated carbocycles. The molecule has 24 heavy (non-hydrogen) atoms. The van der Waals surface area contributed by atoms with Crippen LogP contribution in [0.4, 0.5) is 0 Å². The lowest BCUT2D eigenvalue weighted by atomic mass is 9.77. The molecule has 0 bridgehead atoms. The molecule has 0 N–H and O–H groups in total. The van der Waals surface area contributed by atoms with E-state index in [2.05, 4.69) is 41.2 Å². The van der Waals surface area contributed by atoms with Crippen molar-refractivity contribution in [2.75, 3.05) is 39.4 Å². The van der Waals surface area contributed by atoms with Crippen molar-refractivity contribution < 1.29 is 4.74 Å². The number of hydrogen-bond donors (Lipinski definition) is 0. The highest BCUT2D eigenvalue weighted by Crippen LogP contribution is 2.41. The lowest BCUT2D eigenvalue weighted by Crippen LogP contribution is -2.56. The summed E-state index contributed by atoms with van der Waals surface area (Å²) >= 11 is 1.94. The van der Waals surface area contributed by atoms with Gasteiger partial charge in [-0.25, -0.2) is 0 Å². The Hall–Kier alpha value is -0.680. The maximum absolute atomic E-state index is 5.33. The summed E-state index contributed by atoms with van der Waals surface area (Å²) in [5, 5.41) is 2.38. The fraction of sp³-hybridized carbons (Fsp3) is 0.700. The zero-order chi connectivity index (χ0) is 16.6. The predicted octanol–water partition coefficient (Wildman–Crippen LogP) is 3.86. The van der Waals surface area contributed by atoms with Crippen LogP contribution in [0.25, 0.3) is 5.57 Å². The average Bonchev–Trinajstić information content (AvgIpc) is 2.95. The Morgan fingerprint density at radius 3 is 2.67 bits per heavy atom. The fourth-order valence-electron chi connectivity index (χ4n) is 4.11. The lowest BCUT2D eigenvalue weighted by Gasteiger charge is -2.42. The van der Waals surface area contributed by atoms with E-state index in [1.54, 1.807) is 5.57 Å². The highest BCUT2D eigenvalue weighted by molar-refractivity contribution is 7.11. The molecule has 2 aliphatic heterocycles. The molecule has 3 aliphatic rings. The number of ether oxygens (including phenoxy) is 1. The first-order valence-corrected chi connectivity index (χ1v) is 10.3. The molecule has 0 spiro atoms. The van der Waals surface area contributed by atoms with E-state index >= 15 is 0 Å². The minimum absolute atomic E-state index is 0.468. The molecule has 0 amide bonds. The highest BCUT2D eigenvalue weighted by atomic mass is 32.1. The second-order valence-electron chi connectivity index (χ2n) is 8.43. The number of hydrogen-bond acceptors (Lipinski definition) is 4. The maximum atomic E-state index is 5.33. The normalized spacial score (nSPS) is 26.2. The molecular formula is C20H30N2OS. The van der Waals surface area contributed by atoms with Crippen LogP contribution in [0.2, 0.25) is 0 Å². The van der Waals surface area contributed by atoms with Gasteiger partial charge in [-0.15, -0.1) is 11.3 Å². The van der Waals surface area contributed by atoms with Crippen LogP contribution in [0, 0.1) is 5.41 Å². The summed E-state index contributed by atoms with van der Waals surface area (Å²) in [6.45, 7) is 12.6. The van der Waals surface area contributed by atoms with Gasteiger partial charge in [0.1, 0.15) is 0 Å². The summed E-state index contributed by atoms with van der Waals surface area (Å²) in [6.07, 6.45) is 6.27. The summed E-state index contributed by atoms with van der Waals surface area (Å²) in [5.41, 5.74) is 3.55. The van der Waals surface area contributed by atoms with Crippen LogP contribution in [0.3, 0.4) is 0 Å². The van der Waals surface area contributed by atoms with Crippen LogP contribution >= 0.6 is 11.3 Å². The van der Waals surface area contributed by atoms with Crippen LogP contribution in [0.1, 0.15) is 43.6 Å². The van der Waals surface area contributed by atoms with Gasteiger partial charge in [-0.05, 0) is 47.3 Å². The Morgan fingerprint density at radius 1 is 1.21 bits per heavy atom. The first-order chi connectivity index (χ1) is 11.6. The highest BCUT2D eigenvalue weighted by Gasteiger charge is 2.29. The monoisotopic (exact) mass is 346 g/mol. The molecule has 3 heterocycles. The third kappa shape index (κ3) is 3.77. The summed E-state index contributed by atoms with van der Waals surface area (Å²) in [5.74, 6) is 0. The largest absolute Gasteiger partial charge is 0.378 e. The van der Waals surface area contributed by atoms with E-state index in [0.717, 1.165) is 19.8 Å². The van der Waals surface area contributed by atoms with Crippen molar-refractivity contribution in [1.82, 2.24) is 9.80 Å². The summed E-state index contributed by atoms with van der Waals surface area (Å²) < 4.78 is 5.33. The zero-order valence-corrected chi connectivity index (χ0v) is 15.9. The predicted molar refractivity (Wildman–Crippen MR) is 101 cm³/mol. The minimum atomic E-state index is 0.468. The van der Waals surface area contributed by atoms with Gasteiger partial charge in [0.15, 0.2) is 0 Å². The Kier molecular flexibility index (Phi) is 4.83. The molecule has 1 aromatic rings. The van der Waals surface area contributed by atoms with Crippen molar-refractivity contribution in [3.8, 4) is 0 Å². The van der Waals surface area contributed by atoms with Crippen molar-refractivity contribution in [2.45, 2.75) is 45.7 Å². The molecule has 4 rings (SSSR count). The smallest absolute Gasteiger partial charge is 0.0645 e. The van der Waals surface area contributed by atoms with Gasteiger partial charge < -0.3 is 4.74 Å². The van der Waals surface area contributed by atoms with E-state index in [0.29, 0.717) is 11.5 Å². The molecule has 1 aliphatic carbocycles. The Bertz CT molecular complexity index is 595. The molecule has 4 heteroatoms. The minimum Gasteiger partial charge on any atom is -0.378 e. The van der Waals surface area contributed by atoms with Gasteiger partial charge in [-0.1, -0.05) is 19.9 Å². The Balaban J connectivity index is 1.32. The first kappa shape index (κ1) is 16.8. The van der Waals surface area contributed by atoms with Crippen molar-refractivity contribution in [2.24, 2.45) is 5.41 Å². The molecule has 2 fully saturated rings. The quantitative estimate of drug-likeness (QED) is 0.823. The summed E-state index contributed by atoms with van der Waals surface area (Å²) in [4.78, 5) is 6.72. The molecule has 132 valence electrons. The van der Waals surface area contributed by atoms with E-state index in [-0.39, 0.29) is 0 Å². The van der Waals surface area contributed by atoms with Crippen molar-refractivity contribution in [3.05, 3.63) is 28.0 Å². The first-order valence-electron chi connectivity index (χ1n) is 9.40. The van der Waals surface area contributed by atoms with Crippen LogP contribution in [-0.4, -0.2) is 55.2 Å². The number of rotatable bonds is 4. The van der Waals surface area contributed by atoms with Gasteiger partial charge >= 0.3 is 0 Å². The van der Waals surface area contributed by atoms with E-state index in [9.17, 15) is 0 Å². The Labute approximate surface area is 150 Å². The summed E-state index contributed by atoms with van der Waals surface area (Å²) in [6, 6.07) is 3.14. The molecule has 0 atom stereocenters. The second kappa shape index (κ2) is 6.91. The third-order valence-electron chi connectivity index (χ3n) is 5.80. The average molecular weight is 347 g/mol. The summed E-state index contributed by atoms with van der Waals surface area (Å²) in [7, 11) is 0. The van der Waals surface area contributed by atoms with Gasteiger partial charge in [0.25, 0.3) is 0 Å². The standard InChI is InChI=1S/C20H30N2OS/c1-20(2)5-3-4-17(11-20)19-10-16(15-24-19)12-21-6-8-22(9-7-21)18-13-23-14-18/h4,10,15,18H,3,5-9,11-14H2,1-2H3. The van der Waals surface area contributed by atoms with Crippen molar-refractivity contribution >= 4 is 16.9 Å². The second-order valence-corrected chi connectivity index (χ2v) is 9.34. The van der Waals surface area contributed by atoms with E-state index < -0.39 is 0 Å². The van der Waals surface area contributed by atoms with Crippen LogP contribution in [0.5, 0.6) is 0 Å². The van der Waals surface area contributed by atoms with E-state index in [1.165, 1.54) is 55.9 Å². The van der Waals surface area contributed by atoms with Crippen LogP contribution in [-0.2, 0) is 11.3 Å². The van der Waals surface area contributed by atoms with E-state index in [1.807, 2.05) is 11.3 Å². The van der Waals surface area contributed by atoms with Gasteiger partial charge in [0.2, 0.25) is 0 Å². The van der Waals surface area contributed by atoms with E-state index in [4.69, 9.17) is 4.74 Å². The number of nitrogens with zero attached hydrogens (tertiary/aromatic N) is 2. The Morgan fingerprint density at radius 2 is 2.00 bits per heavy atom. The zero-order valence-electron chi connectivity index (χ0n) is 15.1. The molecular weight excluding hydrogens is 316 g/mol. The van der Waals surface area contributed by atoms with Gasteiger partial charge in [-0.2, -0.15) is 0 Å². The molecule has 2 saturated heterocycles. The van der Waals surface area contributed by atoms with Crippen LogP contribution < -0.4 is 0 Å². The topological polar surface area (TPSA) is 15.7 Å².